The Morgan fingerprint density at radius 3 is 1.17 bits per heavy atom. The monoisotopic (exact) mass is 186 g/mol. The van der Waals surface area contributed by atoms with Crippen LogP contribution < -0.4 is 0 Å². The molecule has 0 amide bonds. The second-order valence-corrected chi connectivity index (χ2v) is 0.995. The van der Waals surface area contributed by atoms with Crippen LogP contribution in [0.25, 0.3) is 0 Å². The largest absolute Gasteiger partial charge is 0.481 e. The van der Waals surface area contributed by atoms with Gasteiger partial charge in [0.25, 0.3) is 16.1 Å². The van der Waals surface area contributed by atoms with Gasteiger partial charge in [0.05, 0.1) is 0 Å². The van der Waals surface area contributed by atoms with Crippen molar-refractivity contribution in [3.05, 3.63) is 20.2 Å². The summed E-state index contributed by atoms with van der Waals surface area (Å²) in [5, 5.41) is 34.7. The van der Waals surface area contributed by atoms with Crippen molar-refractivity contribution in [1.82, 2.24) is 0 Å². The van der Waals surface area contributed by atoms with E-state index in [0.29, 0.717) is 0 Å². The molecule has 0 spiro atoms. The highest BCUT2D eigenvalue weighted by Crippen LogP contribution is 1.42. The number of nitrogens with zero attached hydrogens (tertiary/aromatic N) is 2. The Bertz CT molecular complexity index is 113. The molecule has 0 atom stereocenters. The van der Waals surface area contributed by atoms with Gasteiger partial charge in [-0.15, -0.1) is 20.2 Å². The van der Waals surface area contributed by atoms with Crippen molar-refractivity contribution in [3.8, 4) is 0 Å². The normalized spacial score (nSPS) is 6.08. The molecule has 10 heteroatoms. The summed E-state index contributed by atoms with van der Waals surface area (Å²) in [6.07, 6.45) is 0. The number of hydrogen-bond donors (Lipinski definition) is 3. The van der Waals surface area contributed by atoms with Gasteiger partial charge in [0.15, 0.2) is 0 Å². The molecule has 0 radical (unpaired) electrons. The van der Waals surface area contributed by atoms with Gasteiger partial charge in [0, 0.05) is 6.92 Å². The molecule has 0 aromatic heterocycles. The first kappa shape index (κ1) is 16.5. The Labute approximate surface area is 64.9 Å². The Hall–Kier alpha value is -2.13. The smallest absolute Gasteiger partial charge is 0.300 e. The van der Waals surface area contributed by atoms with Crippen molar-refractivity contribution < 1.29 is 30.5 Å². The maximum atomic E-state index is 9.00. The summed E-state index contributed by atoms with van der Waals surface area (Å²) in [6, 6.07) is 0. The molecule has 0 aromatic rings. The zero-order valence-corrected chi connectivity index (χ0v) is 5.78. The van der Waals surface area contributed by atoms with Crippen molar-refractivity contribution in [1.29, 1.82) is 0 Å². The summed E-state index contributed by atoms with van der Waals surface area (Å²) in [4.78, 5) is 25.7. The third kappa shape index (κ3) is 81.9. The van der Waals surface area contributed by atoms with Crippen LogP contribution >= 0.6 is 0 Å². The van der Waals surface area contributed by atoms with Gasteiger partial charge in [-0.05, 0) is 0 Å². The topological polar surface area (TPSA) is 164 Å². The molecule has 0 fully saturated rings. The van der Waals surface area contributed by atoms with Crippen molar-refractivity contribution in [2.75, 3.05) is 0 Å². The average Bonchev–Trinajstić information content (AvgIpc) is 1.54. The van der Waals surface area contributed by atoms with Crippen LogP contribution in [0.2, 0.25) is 0 Å². The third-order valence-electron chi connectivity index (χ3n) is 0. The minimum Gasteiger partial charge on any atom is -0.481 e. The number of carboxylic acid groups (broad SMARTS) is 1. The van der Waals surface area contributed by atoms with Gasteiger partial charge in [-0.2, -0.15) is 0 Å². The molecule has 0 aliphatic carbocycles. The molecule has 72 valence electrons. The van der Waals surface area contributed by atoms with Crippen LogP contribution in [-0.4, -0.2) is 31.7 Å². The Morgan fingerprint density at radius 1 is 1.17 bits per heavy atom. The summed E-state index contributed by atoms with van der Waals surface area (Å²) >= 11 is 0. The quantitative estimate of drug-likeness (QED) is 0.333. The van der Waals surface area contributed by atoms with Crippen LogP contribution in [0.4, 0.5) is 0 Å². The van der Waals surface area contributed by atoms with E-state index < -0.39 is 16.1 Å². The minimum absolute atomic E-state index is 0.833. The fourth-order valence-corrected chi connectivity index (χ4v) is 0. The minimum atomic E-state index is -1.50. The van der Waals surface area contributed by atoms with Gasteiger partial charge < -0.3 is 15.5 Å². The van der Waals surface area contributed by atoms with E-state index in [1.165, 1.54) is 0 Å². The number of hydrogen-bond acceptors (Lipinski definition) is 5. The summed E-state index contributed by atoms with van der Waals surface area (Å²) in [5.74, 6) is -0.833. The molecule has 0 saturated carbocycles. The van der Waals surface area contributed by atoms with Gasteiger partial charge in [0.1, 0.15) is 0 Å². The van der Waals surface area contributed by atoms with Crippen LogP contribution in [0.1, 0.15) is 6.92 Å². The molecule has 3 N–H and O–H groups in total. The van der Waals surface area contributed by atoms with Crippen molar-refractivity contribution >= 4 is 5.97 Å². The maximum absolute atomic E-state index is 9.00. The lowest BCUT2D eigenvalue weighted by molar-refractivity contribution is -0.742. The Kier molecular flexibility index (Phi) is 16.0. The summed E-state index contributed by atoms with van der Waals surface area (Å²) in [5.41, 5.74) is 0. The molecule has 0 aliphatic heterocycles. The van der Waals surface area contributed by atoms with Crippen LogP contribution in [0.3, 0.4) is 0 Å². The highest BCUT2D eigenvalue weighted by Gasteiger charge is 1.66. The highest BCUT2D eigenvalue weighted by atomic mass is 16.9. The molecule has 0 unspecified atom stereocenters. The van der Waals surface area contributed by atoms with Gasteiger partial charge in [-0.1, -0.05) is 0 Å². The van der Waals surface area contributed by atoms with Crippen LogP contribution in [0.15, 0.2) is 0 Å². The van der Waals surface area contributed by atoms with Crippen molar-refractivity contribution in [3.63, 3.8) is 0 Å². The Morgan fingerprint density at radius 2 is 1.17 bits per heavy atom. The fourth-order valence-electron chi connectivity index (χ4n) is 0. The molecule has 0 saturated heterocycles. The standard InChI is InChI=1S/C2H4O2.2HNO3/c1-2(3)4;2*2-1(3)4/h1H3,(H,3,4);2*(H,2,3,4). The van der Waals surface area contributed by atoms with Gasteiger partial charge in [-0.3, -0.25) is 4.79 Å². The number of carboxylic acids is 1. The zero-order chi connectivity index (χ0) is 10.7. The molecule has 0 heterocycles. The Balaban J connectivity index is -0.000000101. The summed E-state index contributed by atoms with van der Waals surface area (Å²) < 4.78 is 0. The van der Waals surface area contributed by atoms with E-state index in [1.54, 1.807) is 0 Å². The lowest BCUT2D eigenvalue weighted by Gasteiger charge is -1.59. The second-order valence-electron chi connectivity index (χ2n) is 0.995. The molecule has 0 bridgehead atoms. The number of rotatable bonds is 0. The fraction of sp³-hybridized carbons (Fsp3) is 0.500. The summed E-state index contributed by atoms with van der Waals surface area (Å²) in [6.45, 7) is 1.08. The van der Waals surface area contributed by atoms with Gasteiger partial charge in [0.2, 0.25) is 0 Å². The number of carbonyl (C=O) groups is 1. The first-order valence-electron chi connectivity index (χ1n) is 2.06. The van der Waals surface area contributed by atoms with E-state index in [0.717, 1.165) is 6.92 Å². The lowest BCUT2D eigenvalue weighted by Crippen LogP contribution is -1.81. The third-order valence-corrected chi connectivity index (χ3v) is 0. The molecule has 0 aliphatic rings. The summed E-state index contributed by atoms with van der Waals surface area (Å²) in [7, 11) is 0. The first-order chi connectivity index (χ1) is 5.20. The van der Waals surface area contributed by atoms with Crippen molar-refractivity contribution in [2.24, 2.45) is 0 Å². The van der Waals surface area contributed by atoms with Crippen LogP contribution in [-0.2, 0) is 4.79 Å². The van der Waals surface area contributed by atoms with Gasteiger partial charge >= 0.3 is 0 Å². The maximum Gasteiger partial charge on any atom is 0.300 e. The van der Waals surface area contributed by atoms with Crippen LogP contribution in [0, 0.1) is 20.2 Å². The molecule has 10 nitrogen and oxygen atoms in total. The second kappa shape index (κ2) is 11.6. The van der Waals surface area contributed by atoms with E-state index >= 15 is 0 Å². The van der Waals surface area contributed by atoms with Crippen LogP contribution in [0.5, 0.6) is 0 Å². The van der Waals surface area contributed by atoms with Crippen molar-refractivity contribution in [2.45, 2.75) is 6.92 Å². The molecular weight excluding hydrogens is 180 g/mol. The average molecular weight is 186 g/mol. The predicted octanol–water partition coefficient (Wildman–Crippen LogP) is -0.605. The SMILES string of the molecule is CC(=O)O.O=[N+]([O-])O.O=[N+]([O-])O. The zero-order valence-electron chi connectivity index (χ0n) is 5.78. The lowest BCUT2D eigenvalue weighted by atomic mass is 10.9. The molecular formula is C2H6N2O8. The van der Waals surface area contributed by atoms with E-state index in [9.17, 15) is 0 Å². The van der Waals surface area contributed by atoms with E-state index in [1.807, 2.05) is 0 Å². The molecule has 0 rings (SSSR count). The van der Waals surface area contributed by atoms with E-state index in [4.69, 9.17) is 40.5 Å². The molecule has 12 heavy (non-hydrogen) atoms. The molecule has 0 aromatic carbocycles. The van der Waals surface area contributed by atoms with Gasteiger partial charge in [-0.25, -0.2) is 0 Å². The highest BCUT2D eigenvalue weighted by molar-refractivity contribution is 5.62. The first-order valence-corrected chi connectivity index (χ1v) is 2.06. The van der Waals surface area contributed by atoms with E-state index in [2.05, 4.69) is 0 Å². The predicted molar refractivity (Wildman–Crippen MR) is 30.9 cm³/mol. The van der Waals surface area contributed by atoms with E-state index in [-0.39, 0.29) is 0 Å². The number of aliphatic carboxylic acids is 1.